The standard InChI is InChI=1S/C14H18BrN3/c1-11-12(6-4-8-16)9-17-18(11)10-13-5-2-3-7-14(13)15/h2-3,5,7,9H,4,6,8,10,16H2,1H3. The normalized spacial score (nSPS) is 10.8. The summed E-state index contributed by atoms with van der Waals surface area (Å²) in [6.45, 7) is 3.65. The molecule has 0 saturated carbocycles. The fraction of sp³-hybridized carbons (Fsp3) is 0.357. The molecule has 0 aliphatic carbocycles. The summed E-state index contributed by atoms with van der Waals surface area (Å²) in [5.41, 5.74) is 9.32. The summed E-state index contributed by atoms with van der Waals surface area (Å²) >= 11 is 3.57. The second-order valence-corrected chi connectivity index (χ2v) is 5.25. The molecular weight excluding hydrogens is 290 g/mol. The minimum atomic E-state index is 0.731. The van der Waals surface area contributed by atoms with Gasteiger partial charge in [-0.3, -0.25) is 4.68 Å². The van der Waals surface area contributed by atoms with Crippen LogP contribution in [0.5, 0.6) is 0 Å². The van der Waals surface area contributed by atoms with Crippen LogP contribution in [0.4, 0.5) is 0 Å². The SMILES string of the molecule is Cc1c(CCCN)cnn1Cc1ccccc1Br. The molecule has 0 saturated heterocycles. The number of aryl methyl sites for hydroxylation is 1. The molecule has 96 valence electrons. The molecule has 2 aromatic rings. The molecule has 18 heavy (non-hydrogen) atoms. The lowest BCUT2D eigenvalue weighted by atomic mass is 10.1. The molecule has 0 fully saturated rings. The van der Waals surface area contributed by atoms with Gasteiger partial charge in [-0.05, 0) is 43.5 Å². The van der Waals surface area contributed by atoms with Crippen LogP contribution in [-0.2, 0) is 13.0 Å². The zero-order valence-corrected chi connectivity index (χ0v) is 12.2. The average molecular weight is 308 g/mol. The summed E-state index contributed by atoms with van der Waals surface area (Å²) in [7, 11) is 0. The van der Waals surface area contributed by atoms with E-state index in [1.54, 1.807) is 0 Å². The Morgan fingerprint density at radius 1 is 1.28 bits per heavy atom. The van der Waals surface area contributed by atoms with Crippen molar-refractivity contribution in [3.63, 3.8) is 0 Å². The van der Waals surface area contributed by atoms with Gasteiger partial charge in [0.25, 0.3) is 0 Å². The highest BCUT2D eigenvalue weighted by Crippen LogP contribution is 2.18. The molecule has 0 radical (unpaired) electrons. The van der Waals surface area contributed by atoms with Crippen molar-refractivity contribution in [1.29, 1.82) is 0 Å². The van der Waals surface area contributed by atoms with Gasteiger partial charge in [0.1, 0.15) is 0 Å². The number of hydrogen-bond donors (Lipinski definition) is 1. The lowest BCUT2D eigenvalue weighted by molar-refractivity contribution is 0.661. The molecule has 0 spiro atoms. The van der Waals surface area contributed by atoms with Crippen LogP contribution in [0.1, 0.15) is 23.2 Å². The average Bonchev–Trinajstić information content (AvgIpc) is 2.71. The van der Waals surface area contributed by atoms with E-state index in [9.17, 15) is 0 Å². The highest BCUT2D eigenvalue weighted by Gasteiger charge is 2.07. The van der Waals surface area contributed by atoms with Crippen LogP contribution >= 0.6 is 15.9 Å². The van der Waals surface area contributed by atoms with Crippen molar-refractivity contribution < 1.29 is 0 Å². The minimum Gasteiger partial charge on any atom is -0.330 e. The third-order valence-electron chi connectivity index (χ3n) is 3.13. The number of nitrogens with zero attached hydrogens (tertiary/aromatic N) is 2. The first kappa shape index (κ1) is 13.3. The van der Waals surface area contributed by atoms with Crippen molar-refractivity contribution >= 4 is 15.9 Å². The van der Waals surface area contributed by atoms with Crippen LogP contribution < -0.4 is 5.73 Å². The first-order chi connectivity index (χ1) is 8.72. The molecule has 0 amide bonds. The monoisotopic (exact) mass is 307 g/mol. The van der Waals surface area contributed by atoms with Crippen LogP contribution in [0.3, 0.4) is 0 Å². The quantitative estimate of drug-likeness (QED) is 0.923. The molecule has 1 aromatic carbocycles. The van der Waals surface area contributed by atoms with E-state index < -0.39 is 0 Å². The van der Waals surface area contributed by atoms with Gasteiger partial charge in [0.05, 0.1) is 12.7 Å². The summed E-state index contributed by atoms with van der Waals surface area (Å²) < 4.78 is 3.18. The number of benzene rings is 1. The van der Waals surface area contributed by atoms with Crippen molar-refractivity contribution in [2.45, 2.75) is 26.3 Å². The van der Waals surface area contributed by atoms with E-state index >= 15 is 0 Å². The topological polar surface area (TPSA) is 43.8 Å². The van der Waals surface area contributed by atoms with Crippen LogP contribution in [0, 0.1) is 6.92 Å². The van der Waals surface area contributed by atoms with E-state index in [4.69, 9.17) is 5.73 Å². The first-order valence-corrected chi connectivity index (χ1v) is 6.96. The Bertz CT molecular complexity index is 520. The Kier molecular flexibility index (Phi) is 4.55. The van der Waals surface area contributed by atoms with Gasteiger partial charge in [-0.2, -0.15) is 5.10 Å². The van der Waals surface area contributed by atoms with Gasteiger partial charge < -0.3 is 5.73 Å². The smallest absolute Gasteiger partial charge is 0.0673 e. The number of halogens is 1. The first-order valence-electron chi connectivity index (χ1n) is 6.17. The van der Waals surface area contributed by atoms with E-state index in [1.807, 2.05) is 23.0 Å². The summed E-state index contributed by atoms with van der Waals surface area (Å²) in [5, 5.41) is 4.46. The van der Waals surface area contributed by atoms with Gasteiger partial charge in [0.2, 0.25) is 0 Å². The zero-order valence-electron chi connectivity index (χ0n) is 10.6. The van der Waals surface area contributed by atoms with Crippen molar-refractivity contribution in [1.82, 2.24) is 9.78 Å². The largest absolute Gasteiger partial charge is 0.330 e. The van der Waals surface area contributed by atoms with E-state index in [1.165, 1.54) is 16.8 Å². The maximum atomic E-state index is 5.54. The van der Waals surface area contributed by atoms with E-state index in [2.05, 4.69) is 40.1 Å². The summed E-state index contributed by atoms with van der Waals surface area (Å²) in [4.78, 5) is 0. The Morgan fingerprint density at radius 2 is 2.06 bits per heavy atom. The maximum Gasteiger partial charge on any atom is 0.0673 e. The molecule has 1 heterocycles. The predicted molar refractivity (Wildman–Crippen MR) is 77.6 cm³/mol. The summed E-state index contributed by atoms with van der Waals surface area (Å²) in [6, 6.07) is 8.25. The zero-order chi connectivity index (χ0) is 13.0. The Balaban J connectivity index is 2.15. The predicted octanol–water partition coefficient (Wildman–Crippen LogP) is 2.89. The summed E-state index contributed by atoms with van der Waals surface area (Å²) in [5.74, 6) is 0. The van der Waals surface area contributed by atoms with Gasteiger partial charge in [0, 0.05) is 10.2 Å². The molecular formula is C14H18BrN3. The highest BCUT2D eigenvalue weighted by molar-refractivity contribution is 9.10. The van der Waals surface area contributed by atoms with Crippen LogP contribution in [0.2, 0.25) is 0 Å². The summed E-state index contributed by atoms with van der Waals surface area (Å²) in [6.07, 6.45) is 3.99. The molecule has 4 heteroatoms. The van der Waals surface area contributed by atoms with E-state index in [0.717, 1.165) is 30.4 Å². The van der Waals surface area contributed by atoms with Gasteiger partial charge in [-0.15, -0.1) is 0 Å². The van der Waals surface area contributed by atoms with Gasteiger partial charge in [0.15, 0.2) is 0 Å². The fourth-order valence-electron chi connectivity index (χ4n) is 1.97. The molecule has 2 rings (SSSR count). The van der Waals surface area contributed by atoms with Crippen molar-refractivity contribution in [2.75, 3.05) is 6.54 Å². The Labute approximate surface area is 116 Å². The van der Waals surface area contributed by atoms with Crippen LogP contribution in [0.15, 0.2) is 34.9 Å². The molecule has 0 atom stereocenters. The lowest BCUT2D eigenvalue weighted by Gasteiger charge is -2.07. The minimum absolute atomic E-state index is 0.731. The number of nitrogens with two attached hydrogens (primary N) is 1. The molecule has 0 aliphatic rings. The van der Waals surface area contributed by atoms with Gasteiger partial charge in [-0.1, -0.05) is 34.1 Å². The fourth-order valence-corrected chi connectivity index (χ4v) is 2.38. The second kappa shape index (κ2) is 6.16. The number of hydrogen-bond acceptors (Lipinski definition) is 2. The van der Waals surface area contributed by atoms with Gasteiger partial charge in [-0.25, -0.2) is 0 Å². The van der Waals surface area contributed by atoms with Crippen LogP contribution in [0.25, 0.3) is 0 Å². The lowest BCUT2D eigenvalue weighted by Crippen LogP contribution is -2.05. The van der Waals surface area contributed by atoms with E-state index in [0.29, 0.717) is 0 Å². The third-order valence-corrected chi connectivity index (χ3v) is 3.91. The molecule has 0 bridgehead atoms. The second-order valence-electron chi connectivity index (χ2n) is 4.40. The number of aromatic nitrogens is 2. The molecule has 3 nitrogen and oxygen atoms in total. The van der Waals surface area contributed by atoms with Crippen molar-refractivity contribution in [3.8, 4) is 0 Å². The molecule has 0 aliphatic heterocycles. The maximum absolute atomic E-state index is 5.54. The Hall–Kier alpha value is -1.13. The molecule has 1 aromatic heterocycles. The van der Waals surface area contributed by atoms with Crippen molar-refractivity contribution in [3.05, 3.63) is 51.8 Å². The van der Waals surface area contributed by atoms with Crippen LogP contribution in [-0.4, -0.2) is 16.3 Å². The molecule has 0 unspecified atom stereocenters. The third kappa shape index (κ3) is 3.00. The Morgan fingerprint density at radius 3 is 2.78 bits per heavy atom. The molecule has 2 N–H and O–H groups in total. The van der Waals surface area contributed by atoms with Crippen molar-refractivity contribution in [2.24, 2.45) is 5.73 Å². The van der Waals surface area contributed by atoms with E-state index in [-0.39, 0.29) is 0 Å². The highest BCUT2D eigenvalue weighted by atomic mass is 79.9. The van der Waals surface area contributed by atoms with Gasteiger partial charge >= 0.3 is 0 Å². The number of rotatable bonds is 5.